The molecule has 1 radical (unpaired) electrons. The highest BCUT2D eigenvalue weighted by atomic mass is 13.8. The lowest BCUT2D eigenvalue weighted by Gasteiger charge is -1.88. The lowest BCUT2D eigenvalue weighted by molar-refractivity contribution is 0.813. The van der Waals surface area contributed by atoms with Crippen LogP contribution < -0.4 is 0 Å². The van der Waals surface area contributed by atoms with Gasteiger partial charge >= 0.3 is 0 Å². The van der Waals surface area contributed by atoms with E-state index in [4.69, 9.17) is 0 Å². The first-order chi connectivity index (χ1) is 9.41. The van der Waals surface area contributed by atoms with Gasteiger partial charge in [-0.05, 0) is 38.5 Å². The van der Waals surface area contributed by atoms with Crippen LogP contribution in [0.2, 0.25) is 0 Å². The van der Waals surface area contributed by atoms with Crippen molar-refractivity contribution in [3.05, 3.63) is 55.5 Å². The van der Waals surface area contributed by atoms with Crippen LogP contribution in [-0.4, -0.2) is 0 Å². The van der Waals surface area contributed by atoms with Crippen molar-refractivity contribution >= 4 is 0 Å². The fourth-order valence-electron chi connectivity index (χ4n) is 1.63. The van der Waals surface area contributed by atoms with E-state index in [2.05, 4.69) is 62.5 Å². The minimum Gasteiger partial charge on any atom is -0.0882 e. The Labute approximate surface area is 121 Å². The predicted molar refractivity (Wildman–Crippen MR) is 89.1 cm³/mol. The first-order valence-electron chi connectivity index (χ1n) is 7.81. The molecule has 0 bridgehead atoms. The van der Waals surface area contributed by atoms with Gasteiger partial charge in [0.05, 0.1) is 0 Å². The summed E-state index contributed by atoms with van der Waals surface area (Å²) in [6.45, 7) is 6.06. The van der Waals surface area contributed by atoms with Crippen molar-refractivity contribution in [3.63, 3.8) is 0 Å². The normalized spacial score (nSPS) is 12.7. The third-order valence-corrected chi connectivity index (χ3v) is 2.83. The van der Waals surface area contributed by atoms with E-state index in [1.807, 2.05) is 0 Å². The highest BCUT2D eigenvalue weighted by Crippen LogP contribution is 1.99. The van der Waals surface area contributed by atoms with Crippen LogP contribution in [0.3, 0.4) is 0 Å². The third kappa shape index (κ3) is 17.0. The number of allylic oxidation sites excluding steroid dienone is 8. The molecule has 19 heavy (non-hydrogen) atoms. The minimum atomic E-state index is 1.04. The molecule has 0 rings (SSSR count). The van der Waals surface area contributed by atoms with Gasteiger partial charge in [0.15, 0.2) is 0 Å². The summed E-state index contributed by atoms with van der Waals surface area (Å²) in [6.07, 6.45) is 28.4. The Morgan fingerprint density at radius 1 is 0.632 bits per heavy atom. The van der Waals surface area contributed by atoms with Crippen molar-refractivity contribution in [2.45, 2.75) is 64.7 Å². The van der Waals surface area contributed by atoms with E-state index in [1.165, 1.54) is 32.1 Å². The van der Waals surface area contributed by atoms with Gasteiger partial charge in [-0.15, -0.1) is 0 Å². The van der Waals surface area contributed by atoms with Gasteiger partial charge in [-0.2, -0.15) is 0 Å². The fourth-order valence-corrected chi connectivity index (χ4v) is 1.63. The van der Waals surface area contributed by atoms with E-state index < -0.39 is 0 Å². The van der Waals surface area contributed by atoms with Crippen LogP contribution in [0.1, 0.15) is 64.7 Å². The molecule has 0 aliphatic carbocycles. The molecule has 0 aliphatic heterocycles. The molecule has 0 fully saturated rings. The Kier molecular flexibility index (Phi) is 16.0. The Bertz CT molecular complexity index is 238. The maximum Gasteiger partial charge on any atom is -0.0169 e. The van der Waals surface area contributed by atoms with E-state index in [0.29, 0.717) is 0 Å². The average molecular weight is 259 g/mol. The van der Waals surface area contributed by atoms with Crippen LogP contribution in [0.25, 0.3) is 0 Å². The molecule has 0 nitrogen and oxygen atoms in total. The molecule has 0 heteroatoms. The molecule has 107 valence electrons. The summed E-state index contributed by atoms with van der Waals surface area (Å²) in [5.74, 6) is 0. The number of hydrogen-bond acceptors (Lipinski definition) is 0. The summed E-state index contributed by atoms with van der Waals surface area (Å²) in [4.78, 5) is 0. The van der Waals surface area contributed by atoms with Crippen LogP contribution in [0.4, 0.5) is 0 Å². The van der Waals surface area contributed by atoms with Gasteiger partial charge in [-0.25, -0.2) is 0 Å². The zero-order chi connectivity index (χ0) is 14.0. The Hall–Kier alpha value is -1.04. The Morgan fingerprint density at radius 3 is 1.47 bits per heavy atom. The molecule has 0 aromatic rings. The van der Waals surface area contributed by atoms with Crippen molar-refractivity contribution < 1.29 is 0 Å². The van der Waals surface area contributed by atoms with Crippen LogP contribution in [0.5, 0.6) is 0 Å². The topological polar surface area (TPSA) is 0 Å². The zero-order valence-corrected chi connectivity index (χ0v) is 12.7. The van der Waals surface area contributed by atoms with Crippen molar-refractivity contribution in [3.8, 4) is 0 Å². The smallest absolute Gasteiger partial charge is 0.0169 e. The molecule has 0 heterocycles. The van der Waals surface area contributed by atoms with E-state index in [1.54, 1.807) is 0 Å². The lowest BCUT2D eigenvalue weighted by atomic mass is 10.2. The molecule has 0 aliphatic rings. The van der Waals surface area contributed by atoms with E-state index in [0.717, 1.165) is 25.7 Å². The largest absolute Gasteiger partial charge is 0.0882 e. The highest BCUT2D eigenvalue weighted by Gasteiger charge is 1.78. The number of hydrogen-bond donors (Lipinski definition) is 0. The van der Waals surface area contributed by atoms with Crippen LogP contribution >= 0.6 is 0 Å². The van der Waals surface area contributed by atoms with Gasteiger partial charge in [0.2, 0.25) is 0 Å². The molecule has 0 saturated heterocycles. The summed E-state index contributed by atoms with van der Waals surface area (Å²) in [7, 11) is 0. The molecular formula is C19H31. The summed E-state index contributed by atoms with van der Waals surface area (Å²) in [5, 5.41) is 0. The lowest BCUT2D eigenvalue weighted by Crippen LogP contribution is -1.67. The molecule has 0 saturated carbocycles. The molecule has 0 amide bonds. The second kappa shape index (κ2) is 17.0. The van der Waals surface area contributed by atoms with E-state index >= 15 is 0 Å². The van der Waals surface area contributed by atoms with Gasteiger partial charge in [0.25, 0.3) is 0 Å². The summed E-state index contributed by atoms with van der Waals surface area (Å²) in [6, 6.07) is 0. The zero-order valence-electron chi connectivity index (χ0n) is 12.7. The monoisotopic (exact) mass is 259 g/mol. The predicted octanol–water partition coefficient (Wildman–Crippen LogP) is 6.58. The molecule has 0 aromatic heterocycles. The minimum absolute atomic E-state index is 1.04. The highest BCUT2D eigenvalue weighted by molar-refractivity contribution is 4.99. The summed E-state index contributed by atoms with van der Waals surface area (Å²) < 4.78 is 0. The molecule has 0 N–H and O–H groups in total. The van der Waals surface area contributed by atoms with E-state index in [-0.39, 0.29) is 0 Å². The Balaban J connectivity index is 3.36. The average Bonchev–Trinajstić information content (AvgIpc) is 2.43. The van der Waals surface area contributed by atoms with Crippen molar-refractivity contribution in [2.24, 2.45) is 0 Å². The quantitative estimate of drug-likeness (QED) is 0.274. The summed E-state index contributed by atoms with van der Waals surface area (Å²) in [5.41, 5.74) is 0. The standard InChI is InChI=1S/C19H31/c1-3-5-7-9-11-13-15-17-19-18-16-14-12-10-8-6-4-2/h9-12,15-18H,1,3-8,13-14,19H2,2H3/b11-9-,12-10-,17-15-,18-16-. The van der Waals surface area contributed by atoms with Crippen LogP contribution in [0, 0.1) is 6.92 Å². The van der Waals surface area contributed by atoms with Crippen molar-refractivity contribution in [1.29, 1.82) is 0 Å². The van der Waals surface area contributed by atoms with Gasteiger partial charge in [0.1, 0.15) is 0 Å². The first-order valence-corrected chi connectivity index (χ1v) is 7.81. The second-order valence-corrected chi connectivity index (χ2v) is 4.73. The Morgan fingerprint density at radius 2 is 1.05 bits per heavy atom. The molecule has 0 atom stereocenters. The first kappa shape index (κ1) is 18.0. The second-order valence-electron chi connectivity index (χ2n) is 4.73. The third-order valence-electron chi connectivity index (χ3n) is 2.83. The maximum absolute atomic E-state index is 3.83. The SMILES string of the molecule is [CH2]CCC/C=C\C/C=C\C/C=C\C/C=C\CCCC. The molecule has 0 spiro atoms. The maximum atomic E-state index is 3.83. The summed E-state index contributed by atoms with van der Waals surface area (Å²) >= 11 is 0. The number of unbranched alkanes of at least 4 members (excludes halogenated alkanes) is 4. The molecule has 0 unspecified atom stereocenters. The fraction of sp³-hybridized carbons (Fsp3) is 0.526. The van der Waals surface area contributed by atoms with Crippen molar-refractivity contribution in [1.82, 2.24) is 0 Å². The van der Waals surface area contributed by atoms with Crippen LogP contribution in [0.15, 0.2) is 48.6 Å². The van der Waals surface area contributed by atoms with E-state index in [9.17, 15) is 0 Å². The van der Waals surface area contributed by atoms with Crippen LogP contribution in [-0.2, 0) is 0 Å². The number of rotatable bonds is 12. The van der Waals surface area contributed by atoms with Crippen molar-refractivity contribution in [2.75, 3.05) is 0 Å². The van der Waals surface area contributed by atoms with Gasteiger partial charge < -0.3 is 0 Å². The van der Waals surface area contributed by atoms with Gasteiger partial charge in [0, 0.05) is 0 Å². The van der Waals surface area contributed by atoms with Gasteiger partial charge in [-0.1, -0.05) is 81.7 Å². The van der Waals surface area contributed by atoms with Gasteiger partial charge in [-0.3, -0.25) is 0 Å². The molecular weight excluding hydrogens is 228 g/mol. The molecule has 0 aromatic carbocycles.